The van der Waals surface area contributed by atoms with Gasteiger partial charge in [-0.1, -0.05) is 146 Å². The van der Waals surface area contributed by atoms with Gasteiger partial charge in [-0.2, -0.15) is 5.26 Å². The van der Waals surface area contributed by atoms with Crippen molar-refractivity contribution in [2.45, 2.75) is 0 Å². The summed E-state index contributed by atoms with van der Waals surface area (Å²) in [7, 11) is 0. The number of nitriles is 1. The SMILES string of the molecule is C=C(/C=C\C=C/C#N)c1c(-n2c3ccccc3c3cc(-c4cccc(-c5ccccc5)n4)ccc32)cncc1-n1c2ccccc2c2cc(-c3cccc(-c4ccccc4)n3)ccc21. The van der Waals surface area contributed by atoms with Crippen LogP contribution in [0.5, 0.6) is 0 Å². The first-order valence-corrected chi connectivity index (χ1v) is 21.2. The summed E-state index contributed by atoms with van der Waals surface area (Å²) < 4.78 is 4.60. The average molecular weight is 819 g/mol. The zero-order valence-corrected chi connectivity index (χ0v) is 34.7. The van der Waals surface area contributed by atoms with Crippen LogP contribution >= 0.6 is 0 Å². The number of hydrogen-bond acceptors (Lipinski definition) is 4. The van der Waals surface area contributed by atoms with Gasteiger partial charge in [0.2, 0.25) is 0 Å². The molecule has 0 aliphatic heterocycles. The van der Waals surface area contributed by atoms with Crippen LogP contribution in [0.2, 0.25) is 0 Å². The summed E-state index contributed by atoms with van der Waals surface area (Å²) in [6.07, 6.45) is 10.9. The van der Waals surface area contributed by atoms with Crippen molar-refractivity contribution in [3.63, 3.8) is 0 Å². The number of benzene rings is 6. The highest BCUT2D eigenvalue weighted by Crippen LogP contribution is 2.41. The molecule has 5 aromatic heterocycles. The van der Waals surface area contributed by atoms with E-state index in [1.807, 2.05) is 60.9 Å². The molecule has 64 heavy (non-hydrogen) atoms. The minimum atomic E-state index is 0.768. The summed E-state index contributed by atoms with van der Waals surface area (Å²) in [5, 5.41) is 13.7. The van der Waals surface area contributed by atoms with Crippen LogP contribution in [-0.2, 0) is 0 Å². The Labute approximate surface area is 370 Å². The molecule has 6 nitrogen and oxygen atoms in total. The Balaban J connectivity index is 1.11. The van der Waals surface area contributed by atoms with Gasteiger partial charge >= 0.3 is 0 Å². The fourth-order valence-corrected chi connectivity index (χ4v) is 8.97. The lowest BCUT2D eigenvalue weighted by Gasteiger charge is -2.19. The predicted octanol–water partition coefficient (Wildman–Crippen LogP) is 14.4. The molecular formula is C58H38N6. The Kier molecular flexibility index (Phi) is 9.61. The third-order valence-electron chi connectivity index (χ3n) is 11.9. The molecule has 300 valence electrons. The van der Waals surface area contributed by atoms with Gasteiger partial charge in [-0.15, -0.1) is 0 Å². The molecule has 0 unspecified atom stereocenters. The number of para-hydroxylation sites is 2. The first-order valence-electron chi connectivity index (χ1n) is 21.2. The van der Waals surface area contributed by atoms with E-state index >= 15 is 0 Å². The van der Waals surface area contributed by atoms with Crippen molar-refractivity contribution in [3.8, 4) is 62.5 Å². The van der Waals surface area contributed by atoms with Gasteiger partial charge in [0.25, 0.3) is 0 Å². The zero-order chi connectivity index (χ0) is 43.0. The van der Waals surface area contributed by atoms with Gasteiger partial charge in [0.15, 0.2) is 0 Å². The Morgan fingerprint density at radius 1 is 0.453 bits per heavy atom. The third-order valence-corrected chi connectivity index (χ3v) is 11.9. The molecule has 0 amide bonds. The van der Waals surface area contributed by atoms with E-state index < -0.39 is 0 Å². The van der Waals surface area contributed by atoms with Gasteiger partial charge in [-0.25, -0.2) is 9.97 Å². The Bertz CT molecular complexity index is 3480. The molecule has 0 radical (unpaired) electrons. The number of allylic oxidation sites excluding steroid dienone is 5. The summed E-state index contributed by atoms with van der Waals surface area (Å²) in [5.41, 5.74) is 15.5. The van der Waals surface area contributed by atoms with Crippen molar-refractivity contribution in [3.05, 3.63) is 231 Å². The lowest BCUT2D eigenvalue weighted by Crippen LogP contribution is -2.06. The van der Waals surface area contributed by atoms with Crippen LogP contribution < -0.4 is 0 Å². The second-order valence-electron chi connectivity index (χ2n) is 15.6. The lowest BCUT2D eigenvalue weighted by atomic mass is 10.0. The summed E-state index contributed by atoms with van der Waals surface area (Å²) in [4.78, 5) is 15.2. The number of fused-ring (bicyclic) bond motifs is 6. The zero-order valence-electron chi connectivity index (χ0n) is 34.7. The lowest BCUT2D eigenvalue weighted by molar-refractivity contribution is 1.08. The fourth-order valence-electron chi connectivity index (χ4n) is 8.97. The monoisotopic (exact) mass is 818 g/mol. The summed E-state index contributed by atoms with van der Waals surface area (Å²) in [5.74, 6) is 0. The van der Waals surface area contributed by atoms with Crippen molar-refractivity contribution in [2.75, 3.05) is 0 Å². The second-order valence-corrected chi connectivity index (χ2v) is 15.6. The maximum Gasteiger partial charge on any atom is 0.0912 e. The molecule has 0 aliphatic rings. The van der Waals surface area contributed by atoms with Crippen LogP contribution in [0.15, 0.2) is 225 Å². The molecular weight excluding hydrogens is 781 g/mol. The number of rotatable bonds is 9. The number of aromatic nitrogens is 5. The number of nitrogens with zero attached hydrogens (tertiary/aromatic N) is 6. The van der Waals surface area contributed by atoms with Crippen LogP contribution in [0.3, 0.4) is 0 Å². The summed E-state index contributed by atoms with van der Waals surface area (Å²) in [6.45, 7) is 4.68. The predicted molar refractivity (Wildman–Crippen MR) is 263 cm³/mol. The Hall–Kier alpha value is -8.92. The van der Waals surface area contributed by atoms with Crippen molar-refractivity contribution in [1.82, 2.24) is 24.1 Å². The van der Waals surface area contributed by atoms with Gasteiger partial charge < -0.3 is 9.13 Å². The number of hydrogen-bond donors (Lipinski definition) is 0. The molecule has 0 bridgehead atoms. The van der Waals surface area contributed by atoms with E-state index in [0.29, 0.717) is 0 Å². The van der Waals surface area contributed by atoms with Crippen LogP contribution in [0.25, 0.3) is 106 Å². The Morgan fingerprint density at radius 3 is 1.38 bits per heavy atom. The van der Waals surface area contributed by atoms with Crippen molar-refractivity contribution >= 4 is 49.2 Å². The van der Waals surface area contributed by atoms with Gasteiger partial charge in [0.1, 0.15) is 0 Å². The molecule has 0 fully saturated rings. The first kappa shape index (κ1) is 38.0. The topological polar surface area (TPSA) is 72.3 Å². The van der Waals surface area contributed by atoms with E-state index in [1.54, 1.807) is 6.08 Å². The molecule has 0 saturated heterocycles. The van der Waals surface area contributed by atoms with E-state index in [2.05, 4.69) is 167 Å². The molecule has 11 rings (SSSR count). The first-order chi connectivity index (χ1) is 31.6. The smallest absolute Gasteiger partial charge is 0.0912 e. The second kappa shape index (κ2) is 16.2. The maximum atomic E-state index is 9.29. The normalized spacial score (nSPS) is 11.7. The van der Waals surface area contributed by atoms with Crippen molar-refractivity contribution < 1.29 is 0 Å². The van der Waals surface area contributed by atoms with Gasteiger partial charge in [-0.05, 0) is 66.2 Å². The fraction of sp³-hybridized carbons (Fsp3) is 0. The molecule has 11 aromatic rings. The Morgan fingerprint density at radius 2 is 0.891 bits per heavy atom. The number of pyridine rings is 3. The molecule has 0 saturated carbocycles. The summed E-state index contributed by atoms with van der Waals surface area (Å²) >= 11 is 0. The van der Waals surface area contributed by atoms with Crippen LogP contribution in [0, 0.1) is 11.3 Å². The van der Waals surface area contributed by atoms with E-state index in [9.17, 15) is 5.26 Å². The molecule has 5 heterocycles. The third kappa shape index (κ3) is 6.66. The minimum absolute atomic E-state index is 0.768. The van der Waals surface area contributed by atoms with E-state index in [1.165, 1.54) is 6.08 Å². The quantitative estimate of drug-likeness (QED) is 0.107. The molecule has 6 heteroatoms. The molecule has 0 aliphatic carbocycles. The highest BCUT2D eigenvalue weighted by Gasteiger charge is 2.23. The standard InChI is InChI=1S/C58H38N6/c1-39(17-5-4-14-34-59)58-56(63-52-28-12-10-22-44(52)46-35-42(30-32-54(46)63)50-26-15-24-48(61-50)40-18-6-2-7-19-40)37-60-38-57(58)64-53-29-13-11-23-45(53)47-36-43(31-33-55(47)64)51-27-16-25-49(62-51)41-20-8-3-9-21-41/h2-33,35-38H,1H2/b14-4-,17-5-. The summed E-state index contributed by atoms with van der Waals surface area (Å²) in [6, 6.07) is 65.3. The van der Waals surface area contributed by atoms with Gasteiger partial charge in [-0.3, -0.25) is 4.98 Å². The van der Waals surface area contributed by atoms with E-state index in [4.69, 9.17) is 15.0 Å². The highest BCUT2D eigenvalue weighted by atomic mass is 15.0. The maximum absolute atomic E-state index is 9.29. The molecule has 0 spiro atoms. The molecule has 6 aromatic carbocycles. The van der Waals surface area contributed by atoms with Crippen molar-refractivity contribution in [1.29, 1.82) is 5.26 Å². The van der Waals surface area contributed by atoms with Gasteiger partial charge in [0.05, 0.1) is 74.7 Å². The average Bonchev–Trinajstić information content (AvgIpc) is 3.87. The molecule has 0 atom stereocenters. The largest absolute Gasteiger partial charge is 0.307 e. The molecule has 0 N–H and O–H groups in total. The van der Waals surface area contributed by atoms with Crippen LogP contribution in [-0.4, -0.2) is 24.1 Å². The highest BCUT2D eigenvalue weighted by molar-refractivity contribution is 6.12. The van der Waals surface area contributed by atoms with Crippen LogP contribution in [0.4, 0.5) is 0 Å². The van der Waals surface area contributed by atoms with Crippen molar-refractivity contribution in [2.24, 2.45) is 0 Å². The van der Waals surface area contributed by atoms with E-state index in [0.717, 1.165) is 111 Å². The van der Waals surface area contributed by atoms with Crippen LogP contribution in [0.1, 0.15) is 5.56 Å². The van der Waals surface area contributed by atoms with Gasteiger partial charge in [0, 0.05) is 55.4 Å². The minimum Gasteiger partial charge on any atom is -0.307 e. The van der Waals surface area contributed by atoms with E-state index in [-0.39, 0.29) is 0 Å².